The van der Waals surface area contributed by atoms with Crippen molar-refractivity contribution in [2.45, 2.75) is 46.2 Å². The normalized spacial score (nSPS) is 22.2. The molecular formula is C18H24O6. The van der Waals surface area contributed by atoms with Gasteiger partial charge >= 0.3 is 11.9 Å². The van der Waals surface area contributed by atoms with E-state index in [9.17, 15) is 14.7 Å². The molecule has 1 heterocycles. The van der Waals surface area contributed by atoms with Crippen molar-refractivity contribution < 1.29 is 28.9 Å². The maximum Gasteiger partial charge on any atom is 0.338 e. The molecule has 1 aromatic carbocycles. The van der Waals surface area contributed by atoms with Crippen LogP contribution >= 0.6 is 0 Å². The molecular weight excluding hydrogens is 312 g/mol. The molecule has 6 heteroatoms. The van der Waals surface area contributed by atoms with Crippen LogP contribution in [-0.4, -0.2) is 36.0 Å². The summed E-state index contributed by atoms with van der Waals surface area (Å²) in [6, 6.07) is 9.60. The molecule has 0 aromatic heterocycles. The number of aliphatic carboxylic acids is 1. The van der Waals surface area contributed by atoms with E-state index >= 15 is 0 Å². The summed E-state index contributed by atoms with van der Waals surface area (Å²) < 4.78 is 16.3. The molecule has 1 saturated heterocycles. The van der Waals surface area contributed by atoms with Gasteiger partial charge in [0.1, 0.15) is 0 Å². The second-order valence-corrected chi connectivity index (χ2v) is 6.96. The van der Waals surface area contributed by atoms with Gasteiger partial charge in [-0.1, -0.05) is 51.1 Å². The SMILES string of the molecule is CC(C)(C)[C@H]1OC(=O)[C@@H]([C@H](CCOCc2ccccc2)C(=O)O)O1. The van der Waals surface area contributed by atoms with Gasteiger partial charge in [0.05, 0.1) is 12.5 Å². The quantitative estimate of drug-likeness (QED) is 0.609. The lowest BCUT2D eigenvalue weighted by Gasteiger charge is -2.24. The van der Waals surface area contributed by atoms with Crippen LogP contribution < -0.4 is 0 Å². The fraction of sp³-hybridized carbons (Fsp3) is 0.556. The lowest BCUT2D eigenvalue weighted by Crippen LogP contribution is -2.35. The first-order chi connectivity index (χ1) is 11.3. The summed E-state index contributed by atoms with van der Waals surface area (Å²) in [6.45, 7) is 6.22. The number of rotatable bonds is 7. The highest BCUT2D eigenvalue weighted by Crippen LogP contribution is 2.33. The Kier molecular flexibility index (Phi) is 5.96. The maximum atomic E-state index is 12.0. The van der Waals surface area contributed by atoms with Gasteiger partial charge in [0.2, 0.25) is 6.29 Å². The Morgan fingerprint density at radius 2 is 1.96 bits per heavy atom. The standard InChI is InChI=1S/C18H24O6/c1-18(2,3)17-23-14(16(21)24-17)13(15(19)20)9-10-22-11-12-7-5-4-6-8-12/h4-8,13-14,17H,9-11H2,1-3H3,(H,19,20)/t13-,14+,17+/m0/s1. The highest BCUT2D eigenvalue weighted by molar-refractivity contribution is 5.84. The Morgan fingerprint density at radius 1 is 1.29 bits per heavy atom. The Labute approximate surface area is 141 Å². The topological polar surface area (TPSA) is 82.1 Å². The van der Waals surface area contributed by atoms with Gasteiger partial charge < -0.3 is 19.3 Å². The van der Waals surface area contributed by atoms with Crippen LogP contribution in [0.3, 0.4) is 0 Å². The average molecular weight is 336 g/mol. The number of cyclic esters (lactones) is 1. The van der Waals surface area contributed by atoms with Crippen molar-refractivity contribution >= 4 is 11.9 Å². The zero-order chi connectivity index (χ0) is 17.7. The number of hydrogen-bond donors (Lipinski definition) is 1. The Morgan fingerprint density at radius 3 is 2.50 bits per heavy atom. The van der Waals surface area contributed by atoms with E-state index in [0.29, 0.717) is 6.61 Å². The molecule has 0 amide bonds. The van der Waals surface area contributed by atoms with Crippen LogP contribution in [0.2, 0.25) is 0 Å². The van der Waals surface area contributed by atoms with Crippen LogP contribution in [0.1, 0.15) is 32.8 Å². The molecule has 1 aliphatic rings. The first-order valence-corrected chi connectivity index (χ1v) is 7.99. The van der Waals surface area contributed by atoms with Crippen LogP contribution in [-0.2, 0) is 30.4 Å². The van der Waals surface area contributed by atoms with Crippen LogP contribution in [0, 0.1) is 11.3 Å². The summed E-state index contributed by atoms with van der Waals surface area (Å²) in [5.41, 5.74) is 0.603. The molecule has 3 atom stereocenters. The molecule has 1 N–H and O–H groups in total. The summed E-state index contributed by atoms with van der Waals surface area (Å²) in [5.74, 6) is -2.69. The zero-order valence-corrected chi connectivity index (χ0v) is 14.2. The zero-order valence-electron chi connectivity index (χ0n) is 14.2. The highest BCUT2D eigenvalue weighted by Gasteiger charge is 2.47. The van der Waals surface area contributed by atoms with Crippen LogP contribution in [0.4, 0.5) is 0 Å². The molecule has 132 valence electrons. The minimum Gasteiger partial charge on any atom is -0.481 e. The number of carbonyl (C=O) groups excluding carboxylic acids is 1. The molecule has 2 rings (SSSR count). The number of carbonyl (C=O) groups is 2. The number of carboxylic acids is 1. The van der Waals surface area contributed by atoms with Crippen molar-refractivity contribution in [3.8, 4) is 0 Å². The van der Waals surface area contributed by atoms with Gasteiger partial charge in [0.15, 0.2) is 6.10 Å². The lowest BCUT2D eigenvalue weighted by molar-refractivity contribution is -0.156. The molecule has 0 bridgehead atoms. The predicted octanol–water partition coefficient (Wildman–Crippen LogP) is 2.61. The van der Waals surface area contributed by atoms with Crippen LogP contribution in [0.5, 0.6) is 0 Å². The predicted molar refractivity (Wildman–Crippen MR) is 86.0 cm³/mol. The van der Waals surface area contributed by atoms with Gasteiger partial charge in [-0.05, 0) is 12.0 Å². The molecule has 6 nitrogen and oxygen atoms in total. The van der Waals surface area contributed by atoms with Crippen molar-refractivity contribution in [2.24, 2.45) is 11.3 Å². The molecule has 0 spiro atoms. The Balaban J connectivity index is 1.88. The molecule has 1 aromatic rings. The third-order valence-corrected chi connectivity index (χ3v) is 3.80. The summed E-state index contributed by atoms with van der Waals surface area (Å²) in [5, 5.41) is 9.41. The smallest absolute Gasteiger partial charge is 0.338 e. The molecule has 0 unspecified atom stereocenters. The summed E-state index contributed by atoms with van der Waals surface area (Å²) >= 11 is 0. The molecule has 1 fully saturated rings. The van der Waals surface area contributed by atoms with Gasteiger partial charge in [-0.15, -0.1) is 0 Å². The van der Waals surface area contributed by atoms with E-state index in [0.717, 1.165) is 5.56 Å². The minimum atomic E-state index is -1.09. The van der Waals surface area contributed by atoms with Gasteiger partial charge in [-0.3, -0.25) is 4.79 Å². The van der Waals surface area contributed by atoms with E-state index in [1.165, 1.54) is 0 Å². The van der Waals surface area contributed by atoms with Crippen molar-refractivity contribution in [3.63, 3.8) is 0 Å². The fourth-order valence-corrected chi connectivity index (χ4v) is 2.41. The number of esters is 1. The van der Waals surface area contributed by atoms with E-state index in [1.807, 2.05) is 51.1 Å². The van der Waals surface area contributed by atoms with E-state index in [2.05, 4.69) is 0 Å². The second kappa shape index (κ2) is 7.77. The van der Waals surface area contributed by atoms with Crippen molar-refractivity contribution in [1.82, 2.24) is 0 Å². The third kappa shape index (κ3) is 4.79. The van der Waals surface area contributed by atoms with Gasteiger partial charge in [0, 0.05) is 12.0 Å². The van der Waals surface area contributed by atoms with Gasteiger partial charge in [-0.25, -0.2) is 4.79 Å². The molecule has 1 aliphatic heterocycles. The van der Waals surface area contributed by atoms with E-state index in [-0.39, 0.29) is 13.0 Å². The van der Waals surface area contributed by atoms with Gasteiger partial charge in [0.25, 0.3) is 0 Å². The summed E-state index contributed by atoms with van der Waals surface area (Å²) in [6.07, 6.45) is -1.65. The molecule has 0 radical (unpaired) electrons. The van der Waals surface area contributed by atoms with E-state index in [1.54, 1.807) is 0 Å². The first-order valence-electron chi connectivity index (χ1n) is 7.99. The van der Waals surface area contributed by atoms with Crippen LogP contribution in [0.25, 0.3) is 0 Å². The molecule has 0 aliphatic carbocycles. The monoisotopic (exact) mass is 336 g/mol. The maximum absolute atomic E-state index is 12.0. The van der Waals surface area contributed by atoms with E-state index in [4.69, 9.17) is 14.2 Å². The minimum absolute atomic E-state index is 0.179. The van der Waals surface area contributed by atoms with Crippen molar-refractivity contribution in [3.05, 3.63) is 35.9 Å². The van der Waals surface area contributed by atoms with Crippen molar-refractivity contribution in [1.29, 1.82) is 0 Å². The highest BCUT2D eigenvalue weighted by atomic mass is 16.8. The Bertz CT molecular complexity index is 563. The van der Waals surface area contributed by atoms with Crippen LogP contribution in [0.15, 0.2) is 30.3 Å². The van der Waals surface area contributed by atoms with Crippen molar-refractivity contribution in [2.75, 3.05) is 6.61 Å². The molecule has 24 heavy (non-hydrogen) atoms. The first kappa shape index (κ1) is 18.4. The largest absolute Gasteiger partial charge is 0.481 e. The number of ether oxygens (including phenoxy) is 3. The summed E-state index contributed by atoms with van der Waals surface area (Å²) in [7, 11) is 0. The van der Waals surface area contributed by atoms with Gasteiger partial charge in [-0.2, -0.15) is 0 Å². The number of benzene rings is 1. The second-order valence-electron chi connectivity index (χ2n) is 6.96. The molecule has 0 saturated carbocycles. The summed E-state index contributed by atoms with van der Waals surface area (Å²) in [4.78, 5) is 23.5. The Hall–Kier alpha value is -1.92. The number of hydrogen-bond acceptors (Lipinski definition) is 5. The lowest BCUT2D eigenvalue weighted by atomic mass is 9.96. The van der Waals surface area contributed by atoms with E-state index < -0.39 is 35.7 Å². The third-order valence-electron chi connectivity index (χ3n) is 3.80. The average Bonchev–Trinajstić information content (AvgIpc) is 2.90. The fourth-order valence-electron chi connectivity index (χ4n) is 2.41. The number of carboxylic acid groups (broad SMARTS) is 1.